The molecule has 1 amide bonds. The van der Waals surface area contributed by atoms with Crippen LogP contribution in [0.1, 0.15) is 15.9 Å². The normalized spacial score (nSPS) is 11.5. The molecule has 0 heterocycles. The van der Waals surface area contributed by atoms with Crippen molar-refractivity contribution < 1.29 is 9.63 Å². The van der Waals surface area contributed by atoms with Crippen molar-refractivity contribution in [2.24, 2.45) is 10.3 Å². The van der Waals surface area contributed by atoms with E-state index in [0.29, 0.717) is 11.3 Å². The molecule has 2 aromatic carbocycles. The lowest BCUT2D eigenvalue weighted by Gasteiger charge is -2.03. The van der Waals surface area contributed by atoms with Crippen molar-refractivity contribution in [2.75, 3.05) is 7.11 Å². The summed E-state index contributed by atoms with van der Waals surface area (Å²) in [6, 6.07) is 16.4. The van der Waals surface area contributed by atoms with Crippen LogP contribution < -0.4 is 5.43 Å². The van der Waals surface area contributed by atoms with Gasteiger partial charge in [-0.05, 0) is 18.2 Å². The highest BCUT2D eigenvalue weighted by atomic mass is 79.9. The van der Waals surface area contributed by atoms with Gasteiger partial charge in [-0.25, -0.2) is 5.43 Å². The molecule has 0 unspecified atom stereocenters. The van der Waals surface area contributed by atoms with E-state index in [9.17, 15) is 4.79 Å². The third-order valence-corrected chi connectivity index (χ3v) is 3.21. The summed E-state index contributed by atoms with van der Waals surface area (Å²) in [4.78, 5) is 16.8. The minimum Gasteiger partial charge on any atom is -0.399 e. The van der Waals surface area contributed by atoms with Gasteiger partial charge in [0.15, 0.2) is 0 Å². The molecular weight excluding hydrogens is 346 g/mol. The number of oxime groups is 1. The van der Waals surface area contributed by atoms with Crippen molar-refractivity contribution in [1.82, 2.24) is 5.43 Å². The molecule has 0 bridgehead atoms. The molecule has 0 saturated heterocycles. The van der Waals surface area contributed by atoms with Gasteiger partial charge in [0.05, 0.1) is 6.21 Å². The molecule has 2 rings (SSSR count). The van der Waals surface area contributed by atoms with E-state index in [1.165, 1.54) is 13.3 Å². The Labute approximate surface area is 136 Å². The zero-order chi connectivity index (χ0) is 15.8. The number of halogens is 1. The molecule has 5 nitrogen and oxygen atoms in total. The van der Waals surface area contributed by atoms with E-state index < -0.39 is 0 Å². The first-order valence-corrected chi connectivity index (χ1v) is 7.25. The maximum Gasteiger partial charge on any atom is 0.271 e. The van der Waals surface area contributed by atoms with Crippen LogP contribution >= 0.6 is 15.9 Å². The van der Waals surface area contributed by atoms with Gasteiger partial charge in [0.2, 0.25) is 0 Å². The van der Waals surface area contributed by atoms with Gasteiger partial charge < -0.3 is 4.84 Å². The third kappa shape index (κ3) is 4.53. The second-order valence-electron chi connectivity index (χ2n) is 4.23. The standard InChI is InChI=1S/C16H14BrN3O2/c1-22-18-11-15(12-6-3-2-4-7-12)19-20-16(21)13-8-5-9-14(17)10-13/h2-11H,1H3,(H,20,21)/b18-11+,19-15+. The lowest BCUT2D eigenvalue weighted by molar-refractivity contribution is 0.0955. The highest BCUT2D eigenvalue weighted by Crippen LogP contribution is 2.11. The fourth-order valence-corrected chi connectivity index (χ4v) is 2.08. The van der Waals surface area contributed by atoms with Crippen LogP contribution in [0.5, 0.6) is 0 Å². The van der Waals surface area contributed by atoms with Crippen molar-refractivity contribution >= 4 is 33.8 Å². The summed E-state index contributed by atoms with van der Waals surface area (Å²) in [5.74, 6) is -0.305. The average Bonchev–Trinajstić information content (AvgIpc) is 2.55. The fraction of sp³-hybridized carbons (Fsp3) is 0.0625. The van der Waals surface area contributed by atoms with E-state index in [1.54, 1.807) is 18.2 Å². The second-order valence-corrected chi connectivity index (χ2v) is 5.15. The van der Waals surface area contributed by atoms with Crippen LogP contribution in [0.4, 0.5) is 0 Å². The molecule has 6 heteroatoms. The summed E-state index contributed by atoms with van der Waals surface area (Å²) < 4.78 is 0.827. The monoisotopic (exact) mass is 359 g/mol. The number of hydrogen-bond acceptors (Lipinski definition) is 4. The van der Waals surface area contributed by atoms with E-state index >= 15 is 0 Å². The predicted molar refractivity (Wildman–Crippen MR) is 90.1 cm³/mol. The van der Waals surface area contributed by atoms with E-state index in [0.717, 1.165) is 10.0 Å². The van der Waals surface area contributed by atoms with E-state index in [-0.39, 0.29) is 5.91 Å². The van der Waals surface area contributed by atoms with Crippen LogP contribution in [0.2, 0.25) is 0 Å². The molecular formula is C16H14BrN3O2. The van der Waals surface area contributed by atoms with Gasteiger partial charge >= 0.3 is 0 Å². The molecule has 2 aromatic rings. The SMILES string of the molecule is CO/N=C/C(=N\NC(=O)c1cccc(Br)c1)c1ccccc1. The summed E-state index contributed by atoms with van der Waals surface area (Å²) in [7, 11) is 1.44. The second kappa shape index (κ2) is 8.09. The third-order valence-electron chi connectivity index (χ3n) is 2.71. The Morgan fingerprint density at radius 2 is 1.86 bits per heavy atom. The first kappa shape index (κ1) is 15.9. The van der Waals surface area contributed by atoms with E-state index in [1.807, 2.05) is 36.4 Å². The molecule has 0 aliphatic carbocycles. The molecule has 0 saturated carbocycles. The number of nitrogens with zero attached hydrogens (tertiary/aromatic N) is 2. The topological polar surface area (TPSA) is 63.1 Å². The Hall–Kier alpha value is -2.47. The van der Waals surface area contributed by atoms with Crippen LogP contribution in [0.3, 0.4) is 0 Å². The van der Waals surface area contributed by atoms with E-state index in [4.69, 9.17) is 0 Å². The van der Waals surface area contributed by atoms with Crippen molar-refractivity contribution in [2.45, 2.75) is 0 Å². The highest BCUT2D eigenvalue weighted by molar-refractivity contribution is 9.10. The number of hydrogen-bond donors (Lipinski definition) is 1. The van der Waals surface area contributed by atoms with Crippen LogP contribution in [0.25, 0.3) is 0 Å². The largest absolute Gasteiger partial charge is 0.399 e. The van der Waals surface area contributed by atoms with Crippen LogP contribution in [0.15, 0.2) is 69.3 Å². The van der Waals surface area contributed by atoms with Crippen LogP contribution in [-0.2, 0) is 4.84 Å². The van der Waals surface area contributed by atoms with Crippen molar-refractivity contribution in [3.8, 4) is 0 Å². The Morgan fingerprint density at radius 1 is 1.14 bits per heavy atom. The Morgan fingerprint density at radius 3 is 2.55 bits per heavy atom. The molecule has 0 fully saturated rings. The zero-order valence-corrected chi connectivity index (χ0v) is 13.4. The maximum atomic E-state index is 12.1. The first-order chi connectivity index (χ1) is 10.7. The highest BCUT2D eigenvalue weighted by Gasteiger charge is 2.06. The summed E-state index contributed by atoms with van der Waals surface area (Å²) in [6.07, 6.45) is 1.44. The summed E-state index contributed by atoms with van der Waals surface area (Å²) in [5.41, 5.74) is 4.33. The van der Waals surface area contributed by atoms with Crippen LogP contribution in [-0.4, -0.2) is 24.9 Å². The quantitative estimate of drug-likeness (QED) is 0.657. The molecule has 1 N–H and O–H groups in total. The number of hydrazone groups is 1. The molecule has 0 aromatic heterocycles. The van der Waals surface area contributed by atoms with Gasteiger partial charge in [0.1, 0.15) is 12.8 Å². The van der Waals surface area contributed by atoms with Gasteiger partial charge in [-0.1, -0.05) is 57.5 Å². The van der Waals surface area contributed by atoms with Gasteiger partial charge in [0.25, 0.3) is 5.91 Å². The lowest BCUT2D eigenvalue weighted by atomic mass is 10.1. The van der Waals surface area contributed by atoms with Gasteiger partial charge in [-0.2, -0.15) is 5.10 Å². The molecule has 0 aliphatic heterocycles. The Balaban J connectivity index is 2.19. The molecule has 112 valence electrons. The molecule has 0 atom stereocenters. The number of rotatable bonds is 5. The average molecular weight is 360 g/mol. The zero-order valence-electron chi connectivity index (χ0n) is 11.9. The number of carbonyl (C=O) groups excluding carboxylic acids is 1. The number of nitrogens with one attached hydrogen (secondary N) is 1. The van der Waals surface area contributed by atoms with Gasteiger partial charge in [-0.3, -0.25) is 4.79 Å². The van der Waals surface area contributed by atoms with Crippen LogP contribution in [0, 0.1) is 0 Å². The predicted octanol–water partition coefficient (Wildman–Crippen LogP) is 3.22. The van der Waals surface area contributed by atoms with Gasteiger partial charge in [0, 0.05) is 15.6 Å². The maximum absolute atomic E-state index is 12.1. The van der Waals surface area contributed by atoms with Crippen molar-refractivity contribution in [1.29, 1.82) is 0 Å². The lowest BCUT2D eigenvalue weighted by Crippen LogP contribution is -2.20. The minimum absolute atomic E-state index is 0.305. The molecule has 0 spiro atoms. The molecule has 0 radical (unpaired) electrons. The molecule has 0 aliphatic rings. The minimum atomic E-state index is -0.305. The number of amides is 1. The summed E-state index contributed by atoms with van der Waals surface area (Å²) in [5, 5.41) is 7.81. The van der Waals surface area contributed by atoms with Crippen molar-refractivity contribution in [3.05, 3.63) is 70.2 Å². The molecule has 22 heavy (non-hydrogen) atoms. The fourth-order valence-electron chi connectivity index (χ4n) is 1.68. The van der Waals surface area contributed by atoms with Crippen molar-refractivity contribution in [3.63, 3.8) is 0 Å². The first-order valence-electron chi connectivity index (χ1n) is 6.46. The van der Waals surface area contributed by atoms with E-state index in [2.05, 4.69) is 36.5 Å². The smallest absolute Gasteiger partial charge is 0.271 e. The number of carbonyl (C=O) groups is 1. The van der Waals surface area contributed by atoms with Gasteiger partial charge in [-0.15, -0.1) is 0 Å². The Bertz CT molecular complexity index is 700. The summed E-state index contributed by atoms with van der Waals surface area (Å²) >= 11 is 3.33. The number of benzene rings is 2. The Kier molecular flexibility index (Phi) is 5.85. The summed E-state index contributed by atoms with van der Waals surface area (Å²) in [6.45, 7) is 0.